The second-order valence-electron chi connectivity index (χ2n) is 4.04. The van der Waals surface area contributed by atoms with E-state index < -0.39 is 0 Å². The number of aromatic nitrogens is 1. The summed E-state index contributed by atoms with van der Waals surface area (Å²) in [4.78, 5) is 16.4. The molecule has 2 heterocycles. The van der Waals surface area contributed by atoms with Crippen molar-refractivity contribution in [2.24, 2.45) is 5.73 Å². The third kappa shape index (κ3) is 3.15. The Bertz CT molecular complexity index is 551. The number of hydrogen-bond donors (Lipinski definition) is 2. The molecule has 1 amide bonds. The lowest BCUT2D eigenvalue weighted by Crippen LogP contribution is -2.14. The molecule has 0 saturated carbocycles. The Morgan fingerprint density at radius 1 is 1.50 bits per heavy atom. The van der Waals surface area contributed by atoms with E-state index in [1.54, 1.807) is 11.6 Å². The maximum Gasteiger partial charge on any atom is 0.249 e. The summed E-state index contributed by atoms with van der Waals surface area (Å²) in [5, 5.41) is 5.09. The Morgan fingerprint density at radius 2 is 2.33 bits per heavy atom. The van der Waals surface area contributed by atoms with Crippen molar-refractivity contribution in [1.82, 2.24) is 10.3 Å². The van der Waals surface area contributed by atoms with E-state index in [1.807, 2.05) is 25.1 Å². The molecule has 2 aromatic heterocycles. The Kier molecular flexibility index (Phi) is 4.07. The van der Waals surface area contributed by atoms with Crippen molar-refractivity contribution in [1.29, 1.82) is 0 Å². The molecule has 5 heteroatoms. The minimum Gasteiger partial charge on any atom is -0.366 e. The van der Waals surface area contributed by atoms with Crippen LogP contribution in [0.15, 0.2) is 29.8 Å². The number of nitrogens with two attached hydrogens (primary N) is 1. The molecule has 0 aliphatic heterocycles. The Morgan fingerprint density at radius 3 is 3.00 bits per heavy atom. The van der Waals surface area contributed by atoms with E-state index in [0.717, 1.165) is 17.1 Å². The number of hydrogen-bond acceptors (Lipinski definition) is 4. The summed E-state index contributed by atoms with van der Waals surface area (Å²) < 4.78 is 0. The fraction of sp³-hybridized carbons (Fsp3) is 0.231. The van der Waals surface area contributed by atoms with E-state index in [2.05, 4.69) is 10.3 Å². The largest absolute Gasteiger partial charge is 0.366 e. The quantitative estimate of drug-likeness (QED) is 0.863. The third-order valence-electron chi connectivity index (χ3n) is 2.65. The topological polar surface area (TPSA) is 68.0 Å². The van der Waals surface area contributed by atoms with Crippen molar-refractivity contribution < 1.29 is 4.79 Å². The van der Waals surface area contributed by atoms with Gasteiger partial charge in [-0.25, -0.2) is 0 Å². The van der Waals surface area contributed by atoms with Crippen LogP contribution in [0.25, 0.3) is 0 Å². The zero-order valence-corrected chi connectivity index (χ0v) is 11.0. The highest BCUT2D eigenvalue weighted by Crippen LogP contribution is 2.14. The van der Waals surface area contributed by atoms with Gasteiger partial charge in [0.1, 0.15) is 0 Å². The van der Waals surface area contributed by atoms with Gasteiger partial charge in [-0.3, -0.25) is 9.78 Å². The number of nitrogens with one attached hydrogen (secondary N) is 1. The van der Waals surface area contributed by atoms with Gasteiger partial charge in [0, 0.05) is 29.5 Å². The number of primary amides is 1. The van der Waals surface area contributed by atoms with E-state index in [9.17, 15) is 4.79 Å². The van der Waals surface area contributed by atoms with Crippen molar-refractivity contribution >= 4 is 17.2 Å². The lowest BCUT2D eigenvalue weighted by atomic mass is 10.2. The monoisotopic (exact) mass is 261 g/mol. The van der Waals surface area contributed by atoms with Crippen LogP contribution in [0.5, 0.6) is 0 Å². The predicted octanol–water partition coefficient (Wildman–Crippen LogP) is 1.84. The first-order valence-electron chi connectivity index (χ1n) is 5.65. The molecular formula is C13H15N3OS. The fourth-order valence-corrected chi connectivity index (χ4v) is 2.45. The number of carbonyl (C=O) groups is 1. The molecule has 94 valence electrons. The Labute approximate surface area is 110 Å². The molecule has 3 N–H and O–H groups in total. The molecule has 0 fully saturated rings. The highest BCUT2D eigenvalue weighted by Gasteiger charge is 2.04. The van der Waals surface area contributed by atoms with E-state index in [0.29, 0.717) is 12.1 Å². The number of aryl methyl sites for hydroxylation is 1. The average molecular weight is 261 g/mol. The van der Waals surface area contributed by atoms with Crippen LogP contribution in [0.4, 0.5) is 0 Å². The van der Waals surface area contributed by atoms with E-state index >= 15 is 0 Å². The SMILES string of the molecule is Cc1cccnc1CNCc1cc(C(N)=O)cs1. The highest BCUT2D eigenvalue weighted by atomic mass is 32.1. The molecule has 0 aliphatic rings. The van der Waals surface area contributed by atoms with E-state index in [1.165, 1.54) is 16.9 Å². The van der Waals surface area contributed by atoms with Crippen molar-refractivity contribution in [3.8, 4) is 0 Å². The van der Waals surface area contributed by atoms with Crippen LogP contribution in [0.1, 0.15) is 26.5 Å². The minimum atomic E-state index is -0.377. The third-order valence-corrected chi connectivity index (χ3v) is 3.58. The van der Waals surface area contributed by atoms with Gasteiger partial charge in [-0.1, -0.05) is 6.07 Å². The molecule has 0 atom stereocenters. The molecule has 2 rings (SSSR count). The summed E-state index contributed by atoms with van der Waals surface area (Å²) in [6.07, 6.45) is 1.79. The van der Waals surface area contributed by atoms with Crippen LogP contribution in [0.2, 0.25) is 0 Å². The number of pyridine rings is 1. The summed E-state index contributed by atoms with van der Waals surface area (Å²) in [7, 11) is 0. The van der Waals surface area contributed by atoms with Crippen molar-refractivity contribution in [2.75, 3.05) is 0 Å². The molecule has 0 spiro atoms. The predicted molar refractivity (Wildman–Crippen MR) is 72.4 cm³/mol. The van der Waals surface area contributed by atoms with Crippen molar-refractivity contribution in [3.63, 3.8) is 0 Å². The fourth-order valence-electron chi connectivity index (χ4n) is 1.61. The number of rotatable bonds is 5. The first kappa shape index (κ1) is 12.7. The lowest BCUT2D eigenvalue weighted by Gasteiger charge is -2.05. The first-order chi connectivity index (χ1) is 8.66. The van der Waals surface area contributed by atoms with Crippen LogP contribution in [-0.4, -0.2) is 10.9 Å². The molecule has 0 aliphatic carbocycles. The molecule has 2 aromatic rings. The number of thiophene rings is 1. The van der Waals surface area contributed by atoms with Crippen LogP contribution in [0.3, 0.4) is 0 Å². The Balaban J connectivity index is 1.88. The molecule has 0 bridgehead atoms. The number of amides is 1. The minimum absolute atomic E-state index is 0.377. The van der Waals surface area contributed by atoms with Crippen LogP contribution in [0, 0.1) is 6.92 Å². The number of nitrogens with zero attached hydrogens (tertiary/aromatic N) is 1. The van der Waals surface area contributed by atoms with Gasteiger partial charge in [-0.2, -0.15) is 0 Å². The van der Waals surface area contributed by atoms with Gasteiger partial charge < -0.3 is 11.1 Å². The zero-order valence-electron chi connectivity index (χ0n) is 10.1. The normalized spacial score (nSPS) is 10.5. The first-order valence-corrected chi connectivity index (χ1v) is 6.53. The summed E-state index contributed by atoms with van der Waals surface area (Å²) in [6.45, 7) is 3.48. The molecular weight excluding hydrogens is 246 g/mol. The lowest BCUT2D eigenvalue weighted by molar-refractivity contribution is 0.100. The van der Waals surface area contributed by atoms with Gasteiger partial charge in [-0.05, 0) is 24.6 Å². The van der Waals surface area contributed by atoms with Gasteiger partial charge in [-0.15, -0.1) is 11.3 Å². The summed E-state index contributed by atoms with van der Waals surface area (Å²) in [6, 6.07) is 5.79. The number of carbonyl (C=O) groups excluding carboxylic acids is 1. The molecule has 0 aromatic carbocycles. The highest BCUT2D eigenvalue weighted by molar-refractivity contribution is 7.10. The smallest absolute Gasteiger partial charge is 0.249 e. The average Bonchev–Trinajstić information content (AvgIpc) is 2.80. The molecule has 18 heavy (non-hydrogen) atoms. The van der Waals surface area contributed by atoms with Crippen LogP contribution in [-0.2, 0) is 13.1 Å². The molecule has 4 nitrogen and oxygen atoms in total. The maximum absolute atomic E-state index is 11.0. The van der Waals surface area contributed by atoms with E-state index in [4.69, 9.17) is 5.73 Å². The van der Waals surface area contributed by atoms with Crippen LogP contribution >= 0.6 is 11.3 Å². The van der Waals surface area contributed by atoms with Crippen molar-refractivity contribution in [3.05, 3.63) is 51.5 Å². The van der Waals surface area contributed by atoms with Gasteiger partial charge in [0.05, 0.1) is 11.3 Å². The van der Waals surface area contributed by atoms with Crippen molar-refractivity contribution in [2.45, 2.75) is 20.0 Å². The molecule has 0 saturated heterocycles. The maximum atomic E-state index is 11.0. The molecule has 0 radical (unpaired) electrons. The summed E-state index contributed by atoms with van der Waals surface area (Å²) >= 11 is 1.53. The summed E-state index contributed by atoms with van der Waals surface area (Å²) in [5.41, 5.74) is 8.00. The van der Waals surface area contributed by atoms with Gasteiger partial charge in [0.15, 0.2) is 0 Å². The van der Waals surface area contributed by atoms with Gasteiger partial charge >= 0.3 is 0 Å². The van der Waals surface area contributed by atoms with Gasteiger partial charge in [0.2, 0.25) is 5.91 Å². The standard InChI is InChI=1S/C13H15N3OS/c1-9-3-2-4-16-12(9)7-15-6-11-5-10(8-18-11)13(14)17/h2-5,8,15H,6-7H2,1H3,(H2,14,17). The zero-order chi connectivity index (χ0) is 13.0. The molecule has 0 unspecified atom stereocenters. The second kappa shape index (κ2) is 5.75. The Hall–Kier alpha value is -1.72. The van der Waals surface area contributed by atoms with Gasteiger partial charge in [0.25, 0.3) is 0 Å². The van der Waals surface area contributed by atoms with E-state index in [-0.39, 0.29) is 5.91 Å². The van der Waals surface area contributed by atoms with Crippen LogP contribution < -0.4 is 11.1 Å². The summed E-state index contributed by atoms with van der Waals surface area (Å²) in [5.74, 6) is -0.377. The second-order valence-corrected chi connectivity index (χ2v) is 5.03.